The minimum Gasteiger partial charge on any atom is -0.493 e. The third-order valence-electron chi connectivity index (χ3n) is 6.20. The smallest absolute Gasteiger partial charge is 0.422 e. The lowest BCUT2D eigenvalue weighted by Gasteiger charge is -2.36. The van der Waals surface area contributed by atoms with Gasteiger partial charge in [-0.25, -0.2) is 9.78 Å². The van der Waals surface area contributed by atoms with Gasteiger partial charge in [-0.05, 0) is 53.8 Å². The molecule has 1 atom stereocenters. The quantitative estimate of drug-likeness (QED) is 0.320. The van der Waals surface area contributed by atoms with Crippen LogP contribution in [0.5, 0.6) is 5.75 Å². The molecule has 1 aliphatic rings. The molecule has 2 aromatic carbocycles. The van der Waals surface area contributed by atoms with Crippen molar-refractivity contribution in [2.75, 3.05) is 13.7 Å². The average Bonchev–Trinajstić information content (AvgIpc) is 3.28. The highest BCUT2D eigenvalue weighted by Gasteiger charge is 2.55. The number of fused-ring (bicyclic) bond motifs is 2. The maximum atomic E-state index is 14.2. The molecule has 0 bridgehead atoms. The molecule has 0 fully saturated rings. The number of rotatable bonds is 6. The molecule has 0 saturated heterocycles. The van der Waals surface area contributed by atoms with Gasteiger partial charge in [0, 0.05) is 28.6 Å². The average molecular weight is 521 g/mol. The number of halogens is 4. The van der Waals surface area contributed by atoms with E-state index in [0.29, 0.717) is 46.5 Å². The maximum Gasteiger partial charge on any atom is 0.422 e. The van der Waals surface area contributed by atoms with E-state index in [-0.39, 0.29) is 11.4 Å². The highest BCUT2D eigenvalue weighted by molar-refractivity contribution is 6.30. The van der Waals surface area contributed by atoms with Crippen molar-refractivity contribution in [3.05, 3.63) is 64.3 Å². The molecular formula is C26H24ClF3N2O4. The Labute approximate surface area is 210 Å². The number of carbonyl (C=O) groups excluding carboxylic acids is 1. The van der Waals surface area contributed by atoms with Crippen LogP contribution in [0.1, 0.15) is 41.9 Å². The van der Waals surface area contributed by atoms with Crippen molar-refractivity contribution < 1.29 is 32.5 Å². The van der Waals surface area contributed by atoms with E-state index in [2.05, 4.69) is 14.7 Å². The van der Waals surface area contributed by atoms with E-state index < -0.39 is 29.6 Å². The first-order valence-corrected chi connectivity index (χ1v) is 11.5. The second kappa shape index (κ2) is 9.37. The number of alkyl halides is 3. The number of methoxy groups -OCH3 is 1. The summed E-state index contributed by atoms with van der Waals surface area (Å²) in [5.41, 5.74) is -2.57. The molecule has 36 heavy (non-hydrogen) atoms. The van der Waals surface area contributed by atoms with Crippen molar-refractivity contribution in [2.24, 2.45) is 4.99 Å². The van der Waals surface area contributed by atoms with E-state index in [4.69, 9.17) is 16.3 Å². The highest BCUT2D eigenvalue weighted by Crippen LogP contribution is 2.46. The molecule has 10 heteroatoms. The van der Waals surface area contributed by atoms with Crippen molar-refractivity contribution in [1.82, 2.24) is 4.98 Å². The summed E-state index contributed by atoms with van der Waals surface area (Å²) < 4.78 is 53.1. The number of aliphatic hydroxyl groups is 1. The van der Waals surface area contributed by atoms with E-state index in [1.54, 1.807) is 38.1 Å². The first-order valence-electron chi connectivity index (χ1n) is 11.1. The summed E-state index contributed by atoms with van der Waals surface area (Å²) in [6.07, 6.45) is -4.62. The minimum atomic E-state index is -5.02. The van der Waals surface area contributed by atoms with Crippen molar-refractivity contribution >= 4 is 40.4 Å². The Hall–Kier alpha value is -3.17. The molecule has 190 valence electrons. The summed E-state index contributed by atoms with van der Waals surface area (Å²) in [6.45, 7) is 3.61. The van der Waals surface area contributed by atoms with Crippen LogP contribution >= 0.6 is 11.6 Å². The lowest BCUT2D eigenvalue weighted by molar-refractivity contribution is -0.234. The van der Waals surface area contributed by atoms with Crippen LogP contribution in [-0.2, 0) is 16.6 Å². The number of esters is 1. The van der Waals surface area contributed by atoms with E-state index in [9.17, 15) is 23.1 Å². The maximum absolute atomic E-state index is 14.2. The first kappa shape index (κ1) is 25.9. The molecule has 1 unspecified atom stereocenters. The van der Waals surface area contributed by atoms with E-state index in [1.165, 1.54) is 25.3 Å². The molecule has 3 aromatic rings. The summed E-state index contributed by atoms with van der Waals surface area (Å²) >= 11 is 6.23. The molecule has 1 aromatic heterocycles. The van der Waals surface area contributed by atoms with E-state index in [1.807, 2.05) is 0 Å². The Kier molecular flexibility index (Phi) is 6.74. The minimum absolute atomic E-state index is 0.0518. The SMILES string of the molecule is COC(=O)c1ccc2c(N=CC(O)(CC(C)(C)c3cc(Cl)cc4c3OCC4)C(F)(F)F)cccc2n1. The fourth-order valence-electron chi connectivity index (χ4n) is 4.41. The number of pyridine rings is 1. The lowest BCUT2D eigenvalue weighted by atomic mass is 9.74. The number of aromatic nitrogens is 1. The van der Waals surface area contributed by atoms with E-state index >= 15 is 0 Å². The Morgan fingerprint density at radius 2 is 2.00 bits per heavy atom. The van der Waals surface area contributed by atoms with Crippen LogP contribution in [0.3, 0.4) is 0 Å². The number of hydrogen-bond acceptors (Lipinski definition) is 6. The summed E-state index contributed by atoms with van der Waals surface area (Å²) in [5, 5.41) is 11.7. The molecular weight excluding hydrogens is 497 g/mol. The number of hydrogen-bond donors (Lipinski definition) is 1. The number of nitrogens with zero attached hydrogens (tertiary/aromatic N) is 2. The Morgan fingerprint density at radius 3 is 2.69 bits per heavy atom. The predicted molar refractivity (Wildman–Crippen MR) is 131 cm³/mol. The largest absolute Gasteiger partial charge is 0.493 e. The second-order valence-electron chi connectivity index (χ2n) is 9.31. The zero-order valence-corrected chi connectivity index (χ0v) is 20.6. The Bertz CT molecular complexity index is 1360. The molecule has 0 radical (unpaired) electrons. The molecule has 4 rings (SSSR count). The first-order chi connectivity index (χ1) is 16.8. The monoisotopic (exact) mass is 520 g/mol. The molecule has 0 amide bonds. The highest BCUT2D eigenvalue weighted by atomic mass is 35.5. The van der Waals surface area contributed by atoms with Crippen LogP contribution in [0.4, 0.5) is 18.9 Å². The molecule has 1 N–H and O–H groups in total. The van der Waals surface area contributed by atoms with Gasteiger partial charge >= 0.3 is 12.1 Å². The topological polar surface area (TPSA) is 81.0 Å². The van der Waals surface area contributed by atoms with Crippen molar-refractivity contribution in [3.8, 4) is 5.75 Å². The zero-order valence-electron chi connectivity index (χ0n) is 19.8. The van der Waals surface area contributed by atoms with Crippen molar-refractivity contribution in [3.63, 3.8) is 0 Å². The molecule has 0 saturated carbocycles. The zero-order chi connectivity index (χ0) is 26.3. The van der Waals surface area contributed by atoms with Crippen LogP contribution in [0, 0.1) is 0 Å². The van der Waals surface area contributed by atoms with Crippen molar-refractivity contribution in [1.29, 1.82) is 0 Å². The van der Waals surface area contributed by atoms with Crippen LogP contribution in [0.25, 0.3) is 10.9 Å². The van der Waals surface area contributed by atoms with Crippen molar-refractivity contribution in [2.45, 2.75) is 43.9 Å². The molecule has 2 heterocycles. The molecule has 0 aliphatic carbocycles. The van der Waals surface area contributed by atoms with Gasteiger partial charge in [-0.1, -0.05) is 31.5 Å². The van der Waals surface area contributed by atoms with Crippen LogP contribution in [0.2, 0.25) is 5.02 Å². The van der Waals surface area contributed by atoms with Gasteiger partial charge in [-0.2, -0.15) is 13.2 Å². The predicted octanol–water partition coefficient (Wildman–Crippen LogP) is 5.97. The molecule has 6 nitrogen and oxygen atoms in total. The Balaban J connectivity index is 1.72. The third kappa shape index (κ3) is 4.90. The van der Waals surface area contributed by atoms with Gasteiger partial charge in [0.15, 0.2) is 5.60 Å². The van der Waals surface area contributed by atoms with Crippen LogP contribution < -0.4 is 4.74 Å². The fourth-order valence-corrected chi connectivity index (χ4v) is 4.65. The molecule has 0 spiro atoms. The van der Waals surface area contributed by atoms with Gasteiger partial charge in [0.2, 0.25) is 0 Å². The number of benzene rings is 2. The second-order valence-corrected chi connectivity index (χ2v) is 9.75. The van der Waals surface area contributed by atoms with Gasteiger partial charge in [0.25, 0.3) is 0 Å². The summed E-state index contributed by atoms with van der Waals surface area (Å²) in [6, 6.07) is 10.9. The van der Waals surface area contributed by atoms with Gasteiger partial charge in [-0.3, -0.25) is 4.99 Å². The van der Waals surface area contributed by atoms with Gasteiger partial charge in [0.05, 0.1) is 24.9 Å². The van der Waals surface area contributed by atoms with Crippen LogP contribution in [-0.4, -0.2) is 47.8 Å². The number of aliphatic imine (C=N–C) groups is 1. The number of ether oxygens (including phenoxy) is 2. The third-order valence-corrected chi connectivity index (χ3v) is 6.42. The Morgan fingerprint density at radius 1 is 1.25 bits per heavy atom. The van der Waals surface area contributed by atoms with E-state index in [0.717, 1.165) is 5.56 Å². The van der Waals surface area contributed by atoms with Crippen LogP contribution in [0.15, 0.2) is 47.5 Å². The lowest BCUT2D eigenvalue weighted by Crippen LogP contribution is -2.50. The fraction of sp³-hybridized carbons (Fsp3) is 0.346. The summed E-state index contributed by atoms with van der Waals surface area (Å²) in [7, 11) is 1.22. The van der Waals surface area contributed by atoms with Gasteiger partial charge < -0.3 is 14.6 Å². The standard InChI is InChI=1S/C26H24ClF3N2O4/c1-24(2,18-12-16(27)11-15-9-10-36-22(15)18)13-25(34,26(28,29)30)14-31-19-5-4-6-20-17(19)7-8-21(32-20)23(33)35-3/h4-8,11-12,14,34H,9-10,13H2,1-3H3. The van der Waals surface area contributed by atoms with Gasteiger partial charge in [0.1, 0.15) is 11.4 Å². The van der Waals surface area contributed by atoms with Gasteiger partial charge in [-0.15, -0.1) is 0 Å². The molecule has 1 aliphatic heterocycles. The number of carbonyl (C=O) groups is 1. The summed E-state index contributed by atoms with van der Waals surface area (Å²) in [4.78, 5) is 20.0. The summed E-state index contributed by atoms with van der Waals surface area (Å²) in [5.74, 6) is -0.136. The normalized spacial score (nSPS) is 15.6.